The monoisotopic (exact) mass is 293 g/mol. The van der Waals surface area contributed by atoms with Crippen molar-refractivity contribution < 1.29 is 12.8 Å². The van der Waals surface area contributed by atoms with Crippen LogP contribution in [0.2, 0.25) is 0 Å². The summed E-state index contributed by atoms with van der Waals surface area (Å²) >= 11 is 0. The summed E-state index contributed by atoms with van der Waals surface area (Å²) in [5, 5.41) is 0. The van der Waals surface area contributed by atoms with Crippen LogP contribution in [-0.2, 0) is 10.0 Å². The van der Waals surface area contributed by atoms with Crippen molar-refractivity contribution in [3.8, 4) is 0 Å². The lowest BCUT2D eigenvalue weighted by Crippen LogP contribution is -2.27. The second kappa shape index (κ2) is 5.73. The van der Waals surface area contributed by atoms with Crippen molar-refractivity contribution in [3.63, 3.8) is 0 Å². The van der Waals surface area contributed by atoms with E-state index in [1.165, 1.54) is 18.2 Å². The minimum Gasteiger partial charge on any atom is -0.207 e. The molecule has 0 aliphatic carbocycles. The van der Waals surface area contributed by atoms with E-state index in [4.69, 9.17) is 0 Å². The number of nitrogens with one attached hydrogen (secondary N) is 1. The summed E-state index contributed by atoms with van der Waals surface area (Å²) < 4.78 is 40.0. The van der Waals surface area contributed by atoms with Crippen molar-refractivity contribution in [1.82, 2.24) is 4.72 Å². The molecule has 0 unspecified atom stereocenters. The number of hydrogen-bond acceptors (Lipinski definition) is 2. The molecule has 0 aromatic heterocycles. The summed E-state index contributed by atoms with van der Waals surface area (Å²) in [5.41, 5.74) is 1.92. The van der Waals surface area contributed by atoms with Gasteiger partial charge in [0.05, 0.1) is 4.90 Å². The third kappa shape index (κ3) is 3.43. The van der Waals surface area contributed by atoms with Crippen LogP contribution < -0.4 is 4.72 Å². The van der Waals surface area contributed by atoms with Crippen molar-refractivity contribution in [2.24, 2.45) is 0 Å². The van der Waals surface area contributed by atoms with Gasteiger partial charge in [-0.1, -0.05) is 35.9 Å². The van der Waals surface area contributed by atoms with Crippen LogP contribution in [0.5, 0.6) is 0 Å². The fourth-order valence-corrected chi connectivity index (χ4v) is 3.21. The number of benzene rings is 2. The zero-order chi connectivity index (χ0) is 14.8. The molecule has 0 aliphatic rings. The van der Waals surface area contributed by atoms with Gasteiger partial charge in [0.15, 0.2) is 0 Å². The minimum atomic E-state index is -3.73. The molecule has 2 aromatic rings. The van der Waals surface area contributed by atoms with Gasteiger partial charge in [-0.05, 0) is 37.6 Å². The first-order chi connectivity index (χ1) is 9.38. The number of halogens is 1. The maximum Gasteiger partial charge on any atom is 0.241 e. The van der Waals surface area contributed by atoms with E-state index in [0.717, 1.165) is 17.2 Å². The molecule has 0 radical (unpaired) electrons. The van der Waals surface area contributed by atoms with E-state index in [9.17, 15) is 12.8 Å². The fourth-order valence-electron chi connectivity index (χ4n) is 1.94. The summed E-state index contributed by atoms with van der Waals surface area (Å²) in [7, 11) is -3.73. The molecule has 1 N–H and O–H groups in total. The average molecular weight is 293 g/mol. The molecule has 1 atom stereocenters. The molecule has 0 heterocycles. The van der Waals surface area contributed by atoms with Gasteiger partial charge in [-0.3, -0.25) is 0 Å². The predicted molar refractivity (Wildman–Crippen MR) is 76.3 cm³/mol. The van der Waals surface area contributed by atoms with Crippen LogP contribution in [0.1, 0.15) is 24.1 Å². The highest BCUT2D eigenvalue weighted by Crippen LogP contribution is 2.18. The highest BCUT2D eigenvalue weighted by atomic mass is 32.2. The van der Waals surface area contributed by atoms with Crippen molar-refractivity contribution in [2.75, 3.05) is 0 Å². The van der Waals surface area contributed by atoms with Gasteiger partial charge in [-0.15, -0.1) is 0 Å². The summed E-state index contributed by atoms with van der Waals surface area (Å²) in [6.45, 7) is 3.70. The van der Waals surface area contributed by atoms with Gasteiger partial charge in [0.1, 0.15) is 5.82 Å². The largest absolute Gasteiger partial charge is 0.241 e. The van der Waals surface area contributed by atoms with Gasteiger partial charge in [0.2, 0.25) is 10.0 Å². The minimum absolute atomic E-state index is 0.0722. The summed E-state index contributed by atoms with van der Waals surface area (Å²) in [5.74, 6) is -0.573. The topological polar surface area (TPSA) is 46.2 Å². The summed E-state index contributed by atoms with van der Waals surface area (Å²) in [6.07, 6.45) is 0. The molecule has 0 saturated carbocycles. The Morgan fingerprint density at radius 2 is 1.80 bits per heavy atom. The molecule has 0 saturated heterocycles. The predicted octanol–water partition coefficient (Wildman–Crippen LogP) is 3.17. The Balaban J connectivity index is 2.24. The van der Waals surface area contributed by atoms with Gasteiger partial charge in [-0.25, -0.2) is 17.5 Å². The molecule has 3 nitrogen and oxygen atoms in total. The molecule has 0 aliphatic heterocycles. The van der Waals surface area contributed by atoms with Crippen molar-refractivity contribution in [3.05, 3.63) is 65.5 Å². The average Bonchev–Trinajstić information content (AvgIpc) is 2.38. The zero-order valence-electron chi connectivity index (χ0n) is 11.3. The first kappa shape index (κ1) is 14.7. The highest BCUT2D eigenvalue weighted by Gasteiger charge is 2.18. The van der Waals surface area contributed by atoms with Crippen LogP contribution in [0.3, 0.4) is 0 Å². The number of rotatable bonds is 4. The Labute approximate surface area is 118 Å². The summed E-state index contributed by atoms with van der Waals surface area (Å²) in [4.78, 5) is -0.0722. The third-order valence-corrected chi connectivity index (χ3v) is 4.52. The van der Waals surface area contributed by atoms with E-state index in [2.05, 4.69) is 4.72 Å². The summed E-state index contributed by atoms with van der Waals surface area (Å²) in [6, 6.07) is 12.2. The normalized spacial score (nSPS) is 13.2. The van der Waals surface area contributed by atoms with Gasteiger partial charge >= 0.3 is 0 Å². The number of sulfonamides is 1. The van der Waals surface area contributed by atoms with E-state index in [1.54, 1.807) is 6.92 Å². The number of hydrogen-bond donors (Lipinski definition) is 1. The molecule has 0 spiro atoms. The molecule has 106 valence electrons. The van der Waals surface area contributed by atoms with Gasteiger partial charge < -0.3 is 0 Å². The number of aryl methyl sites for hydroxylation is 1. The second-order valence-electron chi connectivity index (χ2n) is 4.71. The molecular weight excluding hydrogens is 277 g/mol. The van der Waals surface area contributed by atoms with Crippen LogP contribution in [0, 0.1) is 12.7 Å². The second-order valence-corrected chi connectivity index (χ2v) is 6.43. The molecule has 20 heavy (non-hydrogen) atoms. The highest BCUT2D eigenvalue weighted by molar-refractivity contribution is 7.89. The van der Waals surface area contributed by atoms with Crippen molar-refractivity contribution in [1.29, 1.82) is 0 Å². The maximum atomic E-state index is 13.1. The van der Waals surface area contributed by atoms with E-state index in [0.29, 0.717) is 0 Å². The molecule has 0 amide bonds. The SMILES string of the molecule is Cc1cccc([C@@H](C)NS(=O)(=O)c2cccc(F)c2)c1. The quantitative estimate of drug-likeness (QED) is 0.941. The molecule has 5 heteroatoms. The van der Waals surface area contributed by atoms with Crippen LogP contribution in [0.15, 0.2) is 53.4 Å². The Bertz CT molecular complexity index is 713. The van der Waals surface area contributed by atoms with Gasteiger partial charge in [-0.2, -0.15) is 0 Å². The standard InChI is InChI=1S/C15H16FNO2S/c1-11-5-3-6-13(9-11)12(2)17-20(18,19)15-8-4-7-14(16)10-15/h3-10,12,17H,1-2H3/t12-/m1/s1. The molecular formula is C15H16FNO2S. The third-order valence-electron chi connectivity index (χ3n) is 2.98. The first-order valence-corrected chi connectivity index (χ1v) is 7.71. The zero-order valence-corrected chi connectivity index (χ0v) is 12.1. The Morgan fingerprint density at radius 3 is 2.45 bits per heavy atom. The molecule has 0 fully saturated rings. The lowest BCUT2D eigenvalue weighted by molar-refractivity contribution is 0.564. The molecule has 2 aromatic carbocycles. The van der Waals surface area contributed by atoms with Crippen molar-refractivity contribution in [2.45, 2.75) is 24.8 Å². The fraction of sp³-hybridized carbons (Fsp3) is 0.200. The van der Waals surface area contributed by atoms with Crippen LogP contribution in [-0.4, -0.2) is 8.42 Å². The Morgan fingerprint density at radius 1 is 1.10 bits per heavy atom. The molecule has 0 bridgehead atoms. The van der Waals surface area contributed by atoms with E-state index in [-0.39, 0.29) is 10.9 Å². The first-order valence-electron chi connectivity index (χ1n) is 6.23. The van der Waals surface area contributed by atoms with Gasteiger partial charge in [0.25, 0.3) is 0 Å². The van der Waals surface area contributed by atoms with E-state index >= 15 is 0 Å². The maximum absolute atomic E-state index is 13.1. The van der Waals surface area contributed by atoms with Crippen LogP contribution in [0.25, 0.3) is 0 Å². The smallest absolute Gasteiger partial charge is 0.207 e. The Hall–Kier alpha value is -1.72. The van der Waals surface area contributed by atoms with E-state index < -0.39 is 15.8 Å². The van der Waals surface area contributed by atoms with Crippen LogP contribution in [0.4, 0.5) is 4.39 Å². The van der Waals surface area contributed by atoms with Crippen LogP contribution >= 0.6 is 0 Å². The lowest BCUT2D eigenvalue weighted by Gasteiger charge is -2.15. The molecule has 2 rings (SSSR count). The lowest BCUT2D eigenvalue weighted by atomic mass is 10.1. The van der Waals surface area contributed by atoms with Crippen molar-refractivity contribution >= 4 is 10.0 Å². The Kier molecular flexibility index (Phi) is 4.20. The van der Waals surface area contributed by atoms with E-state index in [1.807, 2.05) is 31.2 Å². The van der Waals surface area contributed by atoms with Gasteiger partial charge in [0, 0.05) is 6.04 Å².